The highest BCUT2D eigenvalue weighted by Crippen LogP contribution is 2.26. The van der Waals surface area contributed by atoms with Gasteiger partial charge in [-0.05, 0) is 18.9 Å². The van der Waals surface area contributed by atoms with Crippen molar-refractivity contribution in [3.63, 3.8) is 0 Å². The fourth-order valence-electron chi connectivity index (χ4n) is 2.58. The van der Waals surface area contributed by atoms with Crippen molar-refractivity contribution in [2.45, 2.75) is 31.5 Å². The Bertz CT molecular complexity index is 589. The van der Waals surface area contributed by atoms with E-state index in [1.165, 1.54) is 12.0 Å². The number of benzene rings is 1. The Morgan fingerprint density at radius 2 is 2.00 bits per heavy atom. The highest BCUT2D eigenvalue weighted by molar-refractivity contribution is 5.93. The van der Waals surface area contributed by atoms with Crippen molar-refractivity contribution in [2.24, 2.45) is 0 Å². The number of hydrogen-bond donors (Lipinski definition) is 2. The molecule has 23 heavy (non-hydrogen) atoms. The summed E-state index contributed by atoms with van der Waals surface area (Å²) in [5.74, 6) is -1.88. The molecule has 1 aromatic rings. The molecule has 7 heteroatoms. The summed E-state index contributed by atoms with van der Waals surface area (Å²) in [5, 5.41) is 12.1. The van der Waals surface area contributed by atoms with Gasteiger partial charge in [0.1, 0.15) is 12.1 Å². The smallest absolute Gasteiger partial charge is 0.331 e. The Morgan fingerprint density at radius 3 is 2.57 bits per heavy atom. The molecule has 3 unspecified atom stereocenters. The van der Waals surface area contributed by atoms with Crippen LogP contribution in [-0.4, -0.2) is 53.6 Å². The largest absolute Gasteiger partial charge is 0.479 e. The molecule has 7 nitrogen and oxygen atoms in total. The number of carbonyl (C=O) groups excluding carboxylic acids is 2. The van der Waals surface area contributed by atoms with Crippen LogP contribution >= 0.6 is 0 Å². The van der Waals surface area contributed by atoms with E-state index >= 15 is 0 Å². The van der Waals surface area contributed by atoms with E-state index in [-0.39, 0.29) is 12.5 Å². The van der Waals surface area contributed by atoms with E-state index in [2.05, 4.69) is 5.32 Å². The topological polar surface area (TPSA) is 95.9 Å². The van der Waals surface area contributed by atoms with Gasteiger partial charge in [0.2, 0.25) is 11.8 Å². The minimum Gasteiger partial charge on any atom is -0.479 e. The van der Waals surface area contributed by atoms with Crippen LogP contribution in [0.5, 0.6) is 0 Å². The Balaban J connectivity index is 2.13. The zero-order chi connectivity index (χ0) is 17.0. The Labute approximate surface area is 134 Å². The maximum absolute atomic E-state index is 12.5. The van der Waals surface area contributed by atoms with Crippen LogP contribution in [0.1, 0.15) is 24.9 Å². The number of likely N-dealkylation sites (tertiary alicyclic amines) is 1. The number of carbonyl (C=O) groups is 3. The van der Waals surface area contributed by atoms with E-state index in [9.17, 15) is 19.5 Å². The summed E-state index contributed by atoms with van der Waals surface area (Å²) in [6.45, 7) is 1.85. The van der Waals surface area contributed by atoms with E-state index < -0.39 is 30.1 Å². The predicted octanol–water partition coefficient (Wildman–Crippen LogP) is 0.564. The van der Waals surface area contributed by atoms with Gasteiger partial charge in [0.25, 0.3) is 0 Å². The Morgan fingerprint density at radius 1 is 1.35 bits per heavy atom. The molecule has 2 N–H and O–H groups in total. The van der Waals surface area contributed by atoms with Gasteiger partial charge in [-0.15, -0.1) is 0 Å². The normalized spacial score (nSPS) is 20.2. The Hall–Kier alpha value is -2.41. The molecule has 3 atom stereocenters. The standard InChI is InChI=1S/C16H20N2O5/c1-10(23-2)14(19)17-12-8-9-18(15(12)20)13(16(21)22)11-6-4-3-5-7-11/h3-7,10,12-13H,8-9H2,1-2H3,(H,17,19)(H,21,22). The van der Waals surface area contributed by atoms with Gasteiger partial charge in [-0.2, -0.15) is 0 Å². The van der Waals surface area contributed by atoms with E-state index in [0.29, 0.717) is 12.0 Å². The first-order valence-corrected chi connectivity index (χ1v) is 7.37. The van der Waals surface area contributed by atoms with Gasteiger partial charge in [0.15, 0.2) is 6.04 Å². The van der Waals surface area contributed by atoms with Gasteiger partial charge in [-0.25, -0.2) is 4.79 Å². The van der Waals surface area contributed by atoms with Crippen molar-refractivity contribution in [1.82, 2.24) is 10.2 Å². The molecule has 0 aliphatic carbocycles. The summed E-state index contributed by atoms with van der Waals surface area (Å²) in [6.07, 6.45) is -0.293. The van der Waals surface area contributed by atoms with Gasteiger partial charge in [0, 0.05) is 13.7 Å². The molecule has 0 bridgehead atoms. The van der Waals surface area contributed by atoms with Crippen molar-refractivity contribution in [3.05, 3.63) is 35.9 Å². The number of methoxy groups -OCH3 is 1. The van der Waals surface area contributed by atoms with Crippen LogP contribution in [0, 0.1) is 0 Å². The summed E-state index contributed by atoms with van der Waals surface area (Å²) in [4.78, 5) is 37.2. The number of ether oxygens (including phenoxy) is 1. The second-order valence-corrected chi connectivity index (χ2v) is 5.41. The molecular weight excluding hydrogens is 300 g/mol. The number of hydrogen-bond acceptors (Lipinski definition) is 4. The van der Waals surface area contributed by atoms with Gasteiger partial charge >= 0.3 is 5.97 Å². The first-order valence-electron chi connectivity index (χ1n) is 7.37. The lowest BCUT2D eigenvalue weighted by molar-refractivity contribution is -0.149. The molecule has 1 fully saturated rings. The number of carboxylic acid groups (broad SMARTS) is 1. The number of aliphatic carboxylic acids is 1. The number of amides is 2. The fourth-order valence-corrected chi connectivity index (χ4v) is 2.58. The minimum absolute atomic E-state index is 0.275. The number of carboxylic acids is 1. The molecule has 0 saturated carbocycles. The van der Waals surface area contributed by atoms with Crippen molar-refractivity contribution in [2.75, 3.05) is 13.7 Å². The second-order valence-electron chi connectivity index (χ2n) is 5.41. The summed E-state index contributed by atoms with van der Waals surface area (Å²) < 4.78 is 4.91. The summed E-state index contributed by atoms with van der Waals surface area (Å²) >= 11 is 0. The molecular formula is C16H20N2O5. The van der Waals surface area contributed by atoms with Crippen molar-refractivity contribution >= 4 is 17.8 Å². The van der Waals surface area contributed by atoms with Crippen molar-refractivity contribution < 1.29 is 24.2 Å². The first-order chi connectivity index (χ1) is 11.0. The summed E-state index contributed by atoms with van der Waals surface area (Å²) in [6, 6.07) is 6.81. The van der Waals surface area contributed by atoms with Gasteiger partial charge in [-0.3, -0.25) is 9.59 Å². The molecule has 1 saturated heterocycles. The number of rotatable bonds is 6. The molecule has 1 aliphatic heterocycles. The van der Waals surface area contributed by atoms with Crippen LogP contribution in [0.2, 0.25) is 0 Å². The fraction of sp³-hybridized carbons (Fsp3) is 0.438. The zero-order valence-electron chi connectivity index (χ0n) is 13.1. The molecule has 2 amide bonds. The molecule has 124 valence electrons. The Kier molecular flexibility index (Phi) is 5.33. The molecule has 0 aromatic heterocycles. The van der Waals surface area contributed by atoms with E-state index in [1.807, 2.05) is 0 Å². The quantitative estimate of drug-likeness (QED) is 0.798. The van der Waals surface area contributed by atoms with Gasteiger partial charge < -0.3 is 20.1 Å². The monoisotopic (exact) mass is 320 g/mol. The van der Waals surface area contributed by atoms with E-state index in [1.54, 1.807) is 37.3 Å². The molecule has 2 rings (SSSR count). The molecule has 1 aliphatic rings. The second kappa shape index (κ2) is 7.23. The maximum atomic E-state index is 12.5. The zero-order valence-corrected chi connectivity index (χ0v) is 13.1. The lowest BCUT2D eigenvalue weighted by Crippen LogP contribution is -2.46. The van der Waals surface area contributed by atoms with E-state index in [4.69, 9.17) is 4.74 Å². The first kappa shape index (κ1) is 17.0. The van der Waals surface area contributed by atoms with Crippen LogP contribution in [0.3, 0.4) is 0 Å². The third kappa shape index (κ3) is 3.68. The lowest BCUT2D eigenvalue weighted by Gasteiger charge is -2.25. The molecule has 1 heterocycles. The third-order valence-electron chi connectivity index (χ3n) is 3.94. The van der Waals surface area contributed by atoms with Crippen LogP contribution in [0.25, 0.3) is 0 Å². The van der Waals surface area contributed by atoms with Crippen LogP contribution < -0.4 is 5.32 Å². The van der Waals surface area contributed by atoms with E-state index in [0.717, 1.165) is 0 Å². The summed E-state index contributed by atoms with van der Waals surface area (Å²) in [7, 11) is 1.41. The maximum Gasteiger partial charge on any atom is 0.331 e. The average Bonchev–Trinajstić information content (AvgIpc) is 2.88. The molecule has 0 radical (unpaired) electrons. The SMILES string of the molecule is COC(C)C(=O)NC1CCN(C(C(=O)O)c2ccccc2)C1=O. The summed E-state index contributed by atoms with van der Waals surface area (Å²) in [5.41, 5.74) is 0.533. The average molecular weight is 320 g/mol. The third-order valence-corrected chi connectivity index (χ3v) is 3.94. The highest BCUT2D eigenvalue weighted by atomic mass is 16.5. The van der Waals surface area contributed by atoms with Crippen LogP contribution in [-0.2, 0) is 19.1 Å². The minimum atomic E-state index is -1.10. The number of nitrogens with one attached hydrogen (secondary N) is 1. The molecule has 1 aromatic carbocycles. The van der Waals surface area contributed by atoms with Crippen LogP contribution in [0.15, 0.2) is 30.3 Å². The van der Waals surface area contributed by atoms with Crippen LogP contribution in [0.4, 0.5) is 0 Å². The van der Waals surface area contributed by atoms with Gasteiger partial charge in [0.05, 0.1) is 0 Å². The van der Waals surface area contributed by atoms with Gasteiger partial charge in [-0.1, -0.05) is 30.3 Å². The van der Waals surface area contributed by atoms with Crippen molar-refractivity contribution in [3.8, 4) is 0 Å². The van der Waals surface area contributed by atoms with Crippen molar-refractivity contribution in [1.29, 1.82) is 0 Å². The number of nitrogens with zero attached hydrogens (tertiary/aromatic N) is 1. The highest BCUT2D eigenvalue weighted by Gasteiger charge is 2.40. The predicted molar refractivity (Wildman–Crippen MR) is 81.6 cm³/mol. The molecule has 0 spiro atoms. The lowest BCUT2D eigenvalue weighted by atomic mass is 10.1.